The molecule has 1 aromatic carbocycles. The van der Waals surface area contributed by atoms with Crippen molar-refractivity contribution < 1.29 is 50.7 Å². The van der Waals surface area contributed by atoms with Gasteiger partial charge in [0.2, 0.25) is 5.89 Å². The van der Waals surface area contributed by atoms with Gasteiger partial charge in [0, 0.05) is 24.4 Å². The fourth-order valence-electron chi connectivity index (χ4n) is 3.44. The molecule has 1 fully saturated rings. The number of fused-ring (bicyclic) bond motifs is 1. The molecular formula is C21H24F6N6O5. The second-order valence-corrected chi connectivity index (χ2v) is 7.96. The van der Waals surface area contributed by atoms with E-state index in [0.717, 1.165) is 55.0 Å². The van der Waals surface area contributed by atoms with E-state index < -0.39 is 24.3 Å². The number of nitrogens with two attached hydrogens (primary N) is 1. The zero-order valence-electron chi connectivity index (χ0n) is 19.8. The molecule has 3 heterocycles. The number of hydrogen-bond donors (Lipinski definition) is 3. The van der Waals surface area contributed by atoms with Crippen molar-refractivity contribution in [2.45, 2.75) is 38.0 Å². The number of alkyl halides is 6. The lowest BCUT2D eigenvalue weighted by molar-refractivity contribution is -0.193. The van der Waals surface area contributed by atoms with Crippen LogP contribution in [0.3, 0.4) is 0 Å². The van der Waals surface area contributed by atoms with E-state index in [1.54, 1.807) is 4.68 Å². The Morgan fingerprint density at radius 2 is 1.58 bits per heavy atom. The van der Waals surface area contributed by atoms with Crippen molar-refractivity contribution in [2.75, 3.05) is 26.2 Å². The summed E-state index contributed by atoms with van der Waals surface area (Å²) in [4.78, 5) is 24.8. The smallest absolute Gasteiger partial charge is 0.475 e. The van der Waals surface area contributed by atoms with Crippen LogP contribution in [0.4, 0.5) is 26.3 Å². The van der Waals surface area contributed by atoms with Crippen molar-refractivity contribution in [3.63, 3.8) is 0 Å². The summed E-state index contributed by atoms with van der Waals surface area (Å²) >= 11 is 0. The molecule has 1 aliphatic rings. The normalized spacial score (nSPS) is 14.8. The van der Waals surface area contributed by atoms with E-state index in [-0.39, 0.29) is 0 Å². The molecule has 1 saturated heterocycles. The number of halogens is 6. The third-order valence-corrected chi connectivity index (χ3v) is 5.26. The molecule has 0 bridgehead atoms. The summed E-state index contributed by atoms with van der Waals surface area (Å²) in [5.41, 5.74) is 7.59. The summed E-state index contributed by atoms with van der Waals surface area (Å²) in [6.07, 6.45) is -8.11. The number of para-hydroxylation sites is 1. The molecule has 0 saturated carbocycles. The van der Waals surface area contributed by atoms with Gasteiger partial charge < -0.3 is 25.4 Å². The lowest BCUT2D eigenvalue weighted by Crippen LogP contribution is -2.36. The van der Waals surface area contributed by atoms with Crippen LogP contribution in [-0.4, -0.2) is 85.5 Å². The van der Waals surface area contributed by atoms with E-state index in [1.807, 2.05) is 25.1 Å². The predicted octanol–water partition coefficient (Wildman–Crippen LogP) is 3.12. The first-order chi connectivity index (χ1) is 17.6. The van der Waals surface area contributed by atoms with Gasteiger partial charge in [0.15, 0.2) is 0 Å². The summed E-state index contributed by atoms with van der Waals surface area (Å²) in [6.45, 7) is 5.72. The van der Waals surface area contributed by atoms with E-state index in [1.165, 1.54) is 0 Å². The molecule has 1 aliphatic heterocycles. The fourth-order valence-corrected chi connectivity index (χ4v) is 3.44. The molecule has 2 aromatic heterocycles. The van der Waals surface area contributed by atoms with Crippen LogP contribution in [0.2, 0.25) is 0 Å². The summed E-state index contributed by atoms with van der Waals surface area (Å²) in [5, 5.41) is 24.1. The molecule has 0 atom stereocenters. The summed E-state index contributed by atoms with van der Waals surface area (Å²) in [5.74, 6) is -3.96. The molecule has 0 aliphatic carbocycles. The van der Waals surface area contributed by atoms with Crippen LogP contribution < -0.4 is 5.73 Å². The Bertz CT molecular complexity index is 1190. The van der Waals surface area contributed by atoms with E-state index in [4.69, 9.17) is 30.1 Å². The number of benzene rings is 1. The van der Waals surface area contributed by atoms with Gasteiger partial charge in [-0.1, -0.05) is 18.2 Å². The summed E-state index contributed by atoms with van der Waals surface area (Å²) in [6, 6.07) is 8.09. The van der Waals surface area contributed by atoms with Gasteiger partial charge in [-0.25, -0.2) is 9.59 Å². The topological polar surface area (TPSA) is 161 Å². The number of carboxylic acid groups (broad SMARTS) is 2. The zero-order valence-corrected chi connectivity index (χ0v) is 19.8. The molecule has 0 amide bonds. The highest BCUT2D eigenvalue weighted by molar-refractivity contribution is 5.82. The first-order valence-electron chi connectivity index (χ1n) is 11.0. The van der Waals surface area contributed by atoms with Crippen LogP contribution in [0.1, 0.15) is 30.3 Å². The average Bonchev–Trinajstić information content (AvgIpc) is 3.45. The van der Waals surface area contributed by atoms with Gasteiger partial charge in [0.1, 0.15) is 0 Å². The van der Waals surface area contributed by atoms with Crippen LogP contribution in [0.15, 0.2) is 28.8 Å². The van der Waals surface area contributed by atoms with E-state index in [2.05, 4.69) is 26.2 Å². The van der Waals surface area contributed by atoms with Crippen LogP contribution in [-0.2, 0) is 9.59 Å². The molecular weight excluding hydrogens is 530 g/mol. The minimum atomic E-state index is -5.08. The van der Waals surface area contributed by atoms with Crippen LogP contribution in [0, 0.1) is 6.92 Å². The number of aliphatic carboxylic acids is 2. The van der Waals surface area contributed by atoms with E-state index >= 15 is 0 Å². The molecule has 0 radical (unpaired) electrons. The summed E-state index contributed by atoms with van der Waals surface area (Å²) < 4.78 is 70.8. The maximum atomic E-state index is 10.6. The third kappa shape index (κ3) is 8.41. The number of hydrogen-bond acceptors (Lipinski definition) is 8. The molecule has 38 heavy (non-hydrogen) atoms. The Balaban J connectivity index is 0.000000301. The van der Waals surface area contributed by atoms with Gasteiger partial charge in [-0.3, -0.25) is 0 Å². The van der Waals surface area contributed by atoms with Gasteiger partial charge in [-0.15, -0.1) is 0 Å². The molecule has 11 nitrogen and oxygen atoms in total. The number of rotatable bonds is 4. The molecule has 0 spiro atoms. The molecule has 4 rings (SSSR count). The highest BCUT2D eigenvalue weighted by atomic mass is 19.4. The Morgan fingerprint density at radius 1 is 1.05 bits per heavy atom. The van der Waals surface area contributed by atoms with E-state index in [9.17, 15) is 26.3 Å². The zero-order chi connectivity index (χ0) is 28.7. The number of aromatic nitrogens is 4. The molecule has 210 valence electrons. The Kier molecular flexibility index (Phi) is 10.2. The number of aryl methyl sites for hydroxylation is 1. The van der Waals surface area contributed by atoms with Crippen molar-refractivity contribution in [1.82, 2.24) is 24.8 Å². The lowest BCUT2D eigenvalue weighted by atomic mass is 9.97. The maximum Gasteiger partial charge on any atom is 0.490 e. The van der Waals surface area contributed by atoms with Crippen LogP contribution >= 0.6 is 0 Å². The number of nitrogens with zero attached hydrogens (tertiary/aromatic N) is 5. The quantitative estimate of drug-likeness (QED) is 0.409. The molecule has 4 N–H and O–H groups in total. The van der Waals surface area contributed by atoms with E-state index in [0.29, 0.717) is 18.4 Å². The fraction of sp³-hybridized carbons (Fsp3) is 0.476. The summed E-state index contributed by atoms with van der Waals surface area (Å²) in [7, 11) is 0. The SMILES string of the molecule is Cc1nn(-c2noc(C3CCN(CCN)CC3)n2)c2ccccc12.O=C(O)C(F)(F)F.O=C(O)C(F)(F)F. The van der Waals surface area contributed by atoms with Crippen LogP contribution in [0.25, 0.3) is 16.9 Å². The second kappa shape index (κ2) is 12.7. The molecule has 3 aromatic rings. The average molecular weight is 554 g/mol. The molecule has 0 unspecified atom stereocenters. The Labute approximate surface area is 210 Å². The number of likely N-dealkylation sites (tertiary alicyclic amines) is 1. The predicted molar refractivity (Wildman–Crippen MR) is 119 cm³/mol. The van der Waals surface area contributed by atoms with Gasteiger partial charge in [0.05, 0.1) is 11.2 Å². The van der Waals surface area contributed by atoms with Gasteiger partial charge >= 0.3 is 24.3 Å². The lowest BCUT2D eigenvalue weighted by Gasteiger charge is -2.29. The first-order valence-corrected chi connectivity index (χ1v) is 11.0. The Hall–Kier alpha value is -3.73. The third-order valence-electron chi connectivity index (χ3n) is 5.26. The second-order valence-electron chi connectivity index (χ2n) is 7.96. The van der Waals surface area contributed by atoms with Gasteiger partial charge in [0.25, 0.3) is 5.95 Å². The Morgan fingerprint density at radius 3 is 2.08 bits per heavy atom. The van der Waals surface area contributed by atoms with Gasteiger partial charge in [-0.2, -0.15) is 41.1 Å². The van der Waals surface area contributed by atoms with Crippen molar-refractivity contribution in [3.05, 3.63) is 35.9 Å². The van der Waals surface area contributed by atoms with Crippen molar-refractivity contribution in [2.24, 2.45) is 5.73 Å². The maximum absolute atomic E-state index is 10.6. The highest BCUT2D eigenvalue weighted by Crippen LogP contribution is 2.28. The monoisotopic (exact) mass is 554 g/mol. The number of carbonyl (C=O) groups is 2. The van der Waals surface area contributed by atoms with Crippen molar-refractivity contribution in [3.8, 4) is 5.95 Å². The highest BCUT2D eigenvalue weighted by Gasteiger charge is 2.38. The number of carboxylic acids is 2. The van der Waals surface area contributed by atoms with Crippen molar-refractivity contribution in [1.29, 1.82) is 0 Å². The standard InChI is InChI=1S/C17H22N6O.2C2HF3O2/c1-12-14-4-2-3-5-15(14)23(20-12)17-19-16(24-21-17)13-6-9-22(10-7-13)11-8-18;2*3-2(4,5)1(6)7/h2-5,13H,6-11,18H2,1H3;2*(H,6,7). The minimum Gasteiger partial charge on any atom is -0.475 e. The minimum absolute atomic E-state index is 0.322. The van der Waals surface area contributed by atoms with Crippen LogP contribution in [0.5, 0.6) is 0 Å². The first kappa shape index (κ1) is 30.5. The van der Waals surface area contributed by atoms with Gasteiger partial charge in [-0.05, 0) is 44.1 Å². The van der Waals surface area contributed by atoms with Crippen molar-refractivity contribution >= 4 is 22.8 Å². The number of piperidine rings is 1. The molecule has 17 heteroatoms. The largest absolute Gasteiger partial charge is 0.490 e.